The first-order chi connectivity index (χ1) is 13.8. The van der Waals surface area contributed by atoms with Crippen molar-refractivity contribution in [2.45, 2.75) is 12.5 Å². The summed E-state index contributed by atoms with van der Waals surface area (Å²) in [6, 6.07) is 13.9. The molecule has 0 saturated carbocycles. The van der Waals surface area contributed by atoms with Crippen LogP contribution in [0.25, 0.3) is 5.69 Å². The van der Waals surface area contributed by atoms with Crippen molar-refractivity contribution in [1.29, 1.82) is 0 Å². The fraction of sp³-hybridized carbons (Fsp3) is 0.105. The smallest absolute Gasteiger partial charge is 0.359 e. The first-order valence-electron chi connectivity index (χ1n) is 8.39. The van der Waals surface area contributed by atoms with E-state index in [-0.39, 0.29) is 23.5 Å². The molecule has 1 atom stereocenters. The number of aromatic nitrogens is 2. The molecule has 0 spiro atoms. The van der Waals surface area contributed by atoms with E-state index in [1.807, 2.05) is 0 Å². The van der Waals surface area contributed by atoms with E-state index in [4.69, 9.17) is 22.1 Å². The number of carbonyl (C=O) groups is 2. The third-order valence-corrected chi connectivity index (χ3v) is 4.28. The van der Waals surface area contributed by atoms with Gasteiger partial charge in [0.1, 0.15) is 5.69 Å². The van der Waals surface area contributed by atoms with Crippen LogP contribution in [0.4, 0.5) is 5.69 Å². The number of para-hydroxylation sites is 2. The first-order valence-corrected chi connectivity index (χ1v) is 8.77. The Morgan fingerprint density at radius 3 is 2.52 bits per heavy atom. The molecule has 2 aromatic carbocycles. The van der Waals surface area contributed by atoms with Gasteiger partial charge in [0.15, 0.2) is 11.8 Å². The van der Waals surface area contributed by atoms with E-state index in [1.165, 1.54) is 35.1 Å². The highest BCUT2D eigenvalue weighted by atomic mass is 35.5. The Bertz CT molecular complexity index is 1060. The summed E-state index contributed by atoms with van der Waals surface area (Å²) < 4.78 is 6.39. The minimum absolute atomic E-state index is 0.0725. The molecule has 0 fully saturated rings. The molecule has 0 saturated heterocycles. The van der Waals surface area contributed by atoms with Crippen molar-refractivity contribution in [2.24, 2.45) is 5.73 Å². The predicted molar refractivity (Wildman–Crippen MR) is 104 cm³/mol. The van der Waals surface area contributed by atoms with Gasteiger partial charge in [-0.3, -0.25) is 14.9 Å². The molecule has 0 aliphatic carbocycles. The monoisotopic (exact) mass is 414 g/mol. The van der Waals surface area contributed by atoms with E-state index in [0.29, 0.717) is 10.6 Å². The molecule has 0 aliphatic rings. The summed E-state index contributed by atoms with van der Waals surface area (Å²) in [7, 11) is 0. The molecule has 1 heterocycles. The van der Waals surface area contributed by atoms with Crippen LogP contribution < -0.4 is 5.73 Å². The van der Waals surface area contributed by atoms with Gasteiger partial charge in [0.05, 0.1) is 4.92 Å². The molecule has 0 bridgehead atoms. The van der Waals surface area contributed by atoms with Crippen LogP contribution in [0.3, 0.4) is 0 Å². The highest BCUT2D eigenvalue weighted by Crippen LogP contribution is 2.22. The second-order valence-corrected chi connectivity index (χ2v) is 6.45. The van der Waals surface area contributed by atoms with Crippen LogP contribution in [0.15, 0.2) is 60.8 Å². The van der Waals surface area contributed by atoms with Crippen LogP contribution in [-0.2, 0) is 16.0 Å². The number of nitro benzene ring substituents is 1. The standard InChI is InChI=1S/C19H15ClN4O5/c20-13-7-5-12(6-8-13)11-17(18(21)25)29-19(26)14-9-10-23(22-14)15-3-1-2-4-16(15)24(27)28/h1-10,17H,11H2,(H2,21,25). The zero-order valence-electron chi connectivity index (χ0n) is 14.9. The number of nitro groups is 1. The molecule has 148 valence electrons. The highest BCUT2D eigenvalue weighted by Gasteiger charge is 2.24. The van der Waals surface area contributed by atoms with E-state index in [9.17, 15) is 19.7 Å². The normalized spacial score (nSPS) is 11.6. The van der Waals surface area contributed by atoms with Crippen molar-refractivity contribution < 1.29 is 19.2 Å². The summed E-state index contributed by atoms with van der Waals surface area (Å²) in [5, 5.41) is 15.7. The number of nitrogens with zero attached hydrogens (tertiary/aromatic N) is 3. The van der Waals surface area contributed by atoms with E-state index in [0.717, 1.165) is 0 Å². The highest BCUT2D eigenvalue weighted by molar-refractivity contribution is 6.30. The molecular weight excluding hydrogens is 400 g/mol. The van der Waals surface area contributed by atoms with Crippen molar-refractivity contribution in [3.8, 4) is 5.69 Å². The number of benzene rings is 2. The van der Waals surface area contributed by atoms with Crippen molar-refractivity contribution >= 4 is 29.2 Å². The Hall–Kier alpha value is -3.72. The average molecular weight is 415 g/mol. The molecule has 29 heavy (non-hydrogen) atoms. The van der Waals surface area contributed by atoms with Gasteiger partial charge < -0.3 is 10.5 Å². The first kappa shape index (κ1) is 20.0. The minimum atomic E-state index is -1.21. The Kier molecular flexibility index (Phi) is 5.89. The molecule has 3 aromatic rings. The van der Waals surface area contributed by atoms with E-state index in [2.05, 4.69) is 5.10 Å². The SMILES string of the molecule is NC(=O)C(Cc1ccc(Cl)cc1)OC(=O)c1ccn(-c2ccccc2[N+](=O)[O-])n1. The van der Waals surface area contributed by atoms with Crippen LogP contribution in [0.1, 0.15) is 16.1 Å². The van der Waals surface area contributed by atoms with Crippen molar-refractivity contribution in [3.05, 3.63) is 87.2 Å². The molecule has 1 amide bonds. The van der Waals surface area contributed by atoms with Crippen LogP contribution in [0.5, 0.6) is 0 Å². The quantitative estimate of drug-likeness (QED) is 0.359. The summed E-state index contributed by atoms with van der Waals surface area (Å²) in [6.45, 7) is 0. The van der Waals surface area contributed by atoms with Gasteiger partial charge in [-0.25, -0.2) is 9.48 Å². The number of primary amides is 1. The minimum Gasteiger partial charge on any atom is -0.447 e. The topological polar surface area (TPSA) is 130 Å². The van der Waals surface area contributed by atoms with Crippen LogP contribution >= 0.6 is 11.6 Å². The lowest BCUT2D eigenvalue weighted by Gasteiger charge is -2.14. The van der Waals surface area contributed by atoms with Crippen molar-refractivity contribution in [1.82, 2.24) is 9.78 Å². The second-order valence-electron chi connectivity index (χ2n) is 6.02. The van der Waals surface area contributed by atoms with Gasteiger partial charge in [-0.15, -0.1) is 0 Å². The lowest BCUT2D eigenvalue weighted by Crippen LogP contribution is -2.35. The van der Waals surface area contributed by atoms with Gasteiger partial charge in [-0.1, -0.05) is 35.9 Å². The number of hydrogen-bond donors (Lipinski definition) is 1. The largest absolute Gasteiger partial charge is 0.447 e. The molecule has 0 radical (unpaired) electrons. The zero-order chi connectivity index (χ0) is 21.0. The van der Waals surface area contributed by atoms with Gasteiger partial charge >= 0.3 is 5.97 Å². The van der Waals surface area contributed by atoms with Gasteiger partial charge in [0.25, 0.3) is 11.6 Å². The number of halogens is 1. The molecule has 9 nitrogen and oxygen atoms in total. The summed E-state index contributed by atoms with van der Waals surface area (Å²) >= 11 is 5.83. The summed E-state index contributed by atoms with van der Waals surface area (Å²) in [4.78, 5) is 34.7. The second kappa shape index (κ2) is 8.53. The molecule has 2 N–H and O–H groups in total. The maximum absolute atomic E-state index is 12.4. The maximum Gasteiger partial charge on any atom is 0.359 e. The van der Waals surface area contributed by atoms with Gasteiger partial charge in [-0.2, -0.15) is 5.10 Å². The van der Waals surface area contributed by atoms with Gasteiger partial charge in [0.2, 0.25) is 0 Å². The number of rotatable bonds is 7. The summed E-state index contributed by atoms with van der Waals surface area (Å²) in [5.41, 5.74) is 5.94. The Morgan fingerprint density at radius 2 is 1.86 bits per heavy atom. The number of esters is 1. The number of amides is 1. The number of nitrogens with two attached hydrogens (primary N) is 1. The predicted octanol–water partition coefficient (Wildman–Crippen LogP) is 2.69. The van der Waals surface area contributed by atoms with Gasteiger partial charge in [-0.05, 0) is 29.8 Å². The molecule has 3 rings (SSSR count). The van der Waals surface area contributed by atoms with E-state index >= 15 is 0 Å². The number of hydrogen-bond acceptors (Lipinski definition) is 6. The van der Waals surface area contributed by atoms with Crippen LogP contribution in [-0.4, -0.2) is 32.7 Å². The lowest BCUT2D eigenvalue weighted by molar-refractivity contribution is -0.384. The summed E-state index contributed by atoms with van der Waals surface area (Å²) in [5.74, 6) is -1.69. The third-order valence-electron chi connectivity index (χ3n) is 4.02. The molecular formula is C19H15ClN4O5. The van der Waals surface area contributed by atoms with Gasteiger partial charge in [0, 0.05) is 23.7 Å². The zero-order valence-corrected chi connectivity index (χ0v) is 15.7. The molecule has 10 heteroatoms. The number of carbonyl (C=O) groups excluding carboxylic acids is 2. The van der Waals surface area contributed by atoms with Crippen molar-refractivity contribution in [3.63, 3.8) is 0 Å². The third kappa shape index (κ3) is 4.77. The Morgan fingerprint density at radius 1 is 1.17 bits per heavy atom. The van der Waals surface area contributed by atoms with E-state index in [1.54, 1.807) is 30.3 Å². The summed E-state index contributed by atoms with van der Waals surface area (Å²) in [6.07, 6.45) is 0.250. The van der Waals surface area contributed by atoms with E-state index < -0.39 is 22.9 Å². The Labute approximate surface area is 169 Å². The lowest BCUT2D eigenvalue weighted by atomic mass is 10.1. The average Bonchev–Trinajstić information content (AvgIpc) is 3.19. The van der Waals surface area contributed by atoms with Crippen LogP contribution in [0, 0.1) is 10.1 Å². The number of ether oxygens (including phenoxy) is 1. The molecule has 1 aromatic heterocycles. The van der Waals surface area contributed by atoms with Crippen molar-refractivity contribution in [2.75, 3.05) is 0 Å². The fourth-order valence-electron chi connectivity index (χ4n) is 2.60. The molecule has 0 aliphatic heterocycles. The maximum atomic E-state index is 12.4. The fourth-order valence-corrected chi connectivity index (χ4v) is 2.73. The Balaban J connectivity index is 1.77. The van der Waals surface area contributed by atoms with Crippen LogP contribution in [0.2, 0.25) is 5.02 Å². The molecule has 1 unspecified atom stereocenters.